The Morgan fingerprint density at radius 3 is 2.43 bits per heavy atom. The Labute approximate surface area is 298 Å². The van der Waals surface area contributed by atoms with Gasteiger partial charge in [-0.15, -0.1) is 0 Å². The molecule has 1 heterocycles. The van der Waals surface area contributed by atoms with E-state index in [1.54, 1.807) is 25.2 Å². The lowest BCUT2D eigenvalue weighted by Crippen LogP contribution is -2.56. The zero-order valence-electron chi connectivity index (χ0n) is 28.0. The van der Waals surface area contributed by atoms with E-state index in [1.165, 1.54) is 0 Å². The van der Waals surface area contributed by atoms with Crippen molar-refractivity contribution in [2.24, 2.45) is 0 Å². The van der Waals surface area contributed by atoms with Crippen LogP contribution in [0.15, 0.2) is 54.9 Å². The van der Waals surface area contributed by atoms with Crippen LogP contribution in [0.4, 0.5) is 0 Å². The van der Waals surface area contributed by atoms with Gasteiger partial charge in [-0.1, -0.05) is 41.4 Å². The van der Waals surface area contributed by atoms with Gasteiger partial charge in [0, 0.05) is 46.5 Å². The van der Waals surface area contributed by atoms with E-state index in [9.17, 15) is 20.1 Å². The van der Waals surface area contributed by atoms with Crippen LogP contribution in [0.2, 0.25) is 10.0 Å². The van der Waals surface area contributed by atoms with Crippen molar-refractivity contribution in [1.29, 1.82) is 0 Å². The van der Waals surface area contributed by atoms with E-state index in [4.69, 9.17) is 37.8 Å². The molecule has 2 aliphatic carbocycles. The highest BCUT2D eigenvalue weighted by Gasteiger charge is 2.48. The van der Waals surface area contributed by atoms with Crippen molar-refractivity contribution >= 4 is 29.1 Å². The Bertz CT molecular complexity index is 1570. The highest BCUT2D eigenvalue weighted by atomic mass is 35.5. The van der Waals surface area contributed by atoms with Crippen molar-refractivity contribution < 1.29 is 34.7 Å². The van der Waals surface area contributed by atoms with Crippen LogP contribution in [-0.2, 0) is 28.2 Å². The Morgan fingerprint density at radius 2 is 1.73 bits per heavy atom. The number of nitrogens with zero attached hydrogens (tertiary/aromatic N) is 2. The number of likely N-dealkylation sites (N-methyl/N-ethyl adjacent to an activating group) is 1. The molecule has 2 fully saturated rings. The summed E-state index contributed by atoms with van der Waals surface area (Å²) >= 11 is 13.4. The van der Waals surface area contributed by atoms with Gasteiger partial charge < -0.3 is 40.1 Å². The van der Waals surface area contributed by atoms with Crippen molar-refractivity contribution in [3.63, 3.8) is 0 Å². The molecule has 0 radical (unpaired) electrons. The number of carbonyl (C=O) groups is 1. The molecule has 0 aliphatic heterocycles. The number of benzene rings is 2. The van der Waals surface area contributed by atoms with Crippen LogP contribution < -0.4 is 10.1 Å². The van der Waals surface area contributed by atoms with Crippen molar-refractivity contribution in [3.05, 3.63) is 81.6 Å². The number of aliphatic hydroxyl groups is 4. The molecule has 2 saturated carbocycles. The minimum absolute atomic E-state index is 0.197. The van der Waals surface area contributed by atoms with Gasteiger partial charge in [-0.2, -0.15) is 0 Å². The maximum absolute atomic E-state index is 12.7. The second kappa shape index (κ2) is 16.9. The zero-order chi connectivity index (χ0) is 35.1. The first-order chi connectivity index (χ1) is 23.5. The first-order valence-electron chi connectivity index (χ1n) is 16.9. The summed E-state index contributed by atoms with van der Waals surface area (Å²) in [6.45, 7) is -0.182. The third-order valence-electron chi connectivity index (χ3n) is 9.08. The number of rotatable bonds is 19. The molecule has 3 aromatic rings. The van der Waals surface area contributed by atoms with Crippen LogP contribution in [0.1, 0.15) is 61.6 Å². The van der Waals surface area contributed by atoms with Crippen LogP contribution in [-0.4, -0.2) is 93.9 Å². The second-order valence-electron chi connectivity index (χ2n) is 13.4. The predicted molar refractivity (Wildman–Crippen MR) is 189 cm³/mol. The van der Waals surface area contributed by atoms with Gasteiger partial charge in [0.2, 0.25) is 5.91 Å². The van der Waals surface area contributed by atoms with Gasteiger partial charge in [-0.05, 0) is 100.0 Å². The molecular weight excluding hydrogens is 669 g/mol. The number of hydrogen-bond donors (Lipinski definition) is 5. The zero-order valence-corrected chi connectivity index (χ0v) is 29.5. The van der Waals surface area contributed by atoms with Crippen LogP contribution in [0, 0.1) is 0 Å². The van der Waals surface area contributed by atoms with E-state index in [0.717, 1.165) is 59.3 Å². The van der Waals surface area contributed by atoms with E-state index < -0.39 is 36.6 Å². The highest BCUT2D eigenvalue weighted by molar-refractivity contribution is 6.34. The van der Waals surface area contributed by atoms with E-state index >= 15 is 0 Å². The lowest BCUT2D eigenvalue weighted by Gasteiger charge is -2.31. The molecule has 49 heavy (non-hydrogen) atoms. The number of aryl methyl sites for hydroxylation is 1. The number of ether oxygens (including phenoxy) is 2. The molecule has 5 rings (SSSR count). The summed E-state index contributed by atoms with van der Waals surface area (Å²) in [7, 11) is 3.53. The standard InChI is InChI=1S/C37H47Cl2N3O7/c1-42(2)20-31(35(46)36(47)32(44)21-43)41-34(45)10-6-3-7-23-17-30(39)24(18-29(23)38)22-48-37(14-15-37)28-19-40-16-13-26(28)27-8-4-5-9-33(27)49-25-11-12-25/h4-5,8-9,13,16-19,25,31-32,35-36,43-44,46-47H,3,6-7,10-12,14-15,20-22H2,1-2H3,(H,41,45)/t31-,32+,35+,36+/m0/s1. The van der Waals surface area contributed by atoms with Gasteiger partial charge in [0.15, 0.2) is 0 Å². The van der Waals surface area contributed by atoms with Crippen LogP contribution in [0.25, 0.3) is 11.1 Å². The Kier molecular flexibility index (Phi) is 12.9. The van der Waals surface area contributed by atoms with Crippen molar-refractivity contribution in [1.82, 2.24) is 15.2 Å². The number of amides is 1. The molecule has 12 heteroatoms. The van der Waals surface area contributed by atoms with Crippen LogP contribution >= 0.6 is 23.2 Å². The molecule has 2 aliphatic rings. The first-order valence-corrected chi connectivity index (χ1v) is 17.7. The second-order valence-corrected chi connectivity index (χ2v) is 14.2. The third kappa shape index (κ3) is 9.92. The molecule has 10 nitrogen and oxygen atoms in total. The quantitative estimate of drug-likeness (QED) is 0.112. The number of nitrogens with one attached hydrogen (secondary N) is 1. The lowest BCUT2D eigenvalue weighted by atomic mass is 9.96. The number of aromatic nitrogens is 1. The van der Waals surface area contributed by atoms with E-state index in [-0.39, 0.29) is 31.6 Å². The molecule has 0 saturated heterocycles. The predicted octanol–water partition coefficient (Wildman–Crippen LogP) is 4.64. The number of pyridine rings is 1. The van der Waals surface area contributed by atoms with E-state index in [1.807, 2.05) is 42.6 Å². The van der Waals surface area contributed by atoms with Crippen LogP contribution in [0.5, 0.6) is 5.75 Å². The summed E-state index contributed by atoms with van der Waals surface area (Å²) in [6.07, 6.45) is 5.35. The Morgan fingerprint density at radius 1 is 1.02 bits per heavy atom. The number of unbranched alkanes of at least 4 members (excludes halogenated alkanes) is 1. The van der Waals surface area contributed by atoms with Crippen molar-refractivity contribution in [2.75, 3.05) is 27.2 Å². The maximum atomic E-state index is 12.7. The number of carbonyl (C=O) groups excluding carboxylic acids is 1. The van der Waals surface area contributed by atoms with Gasteiger partial charge in [0.1, 0.15) is 24.1 Å². The van der Waals surface area contributed by atoms with Gasteiger partial charge in [0.05, 0.1) is 31.0 Å². The molecule has 1 amide bonds. The molecule has 266 valence electrons. The molecule has 4 atom stereocenters. The molecule has 2 aromatic carbocycles. The minimum Gasteiger partial charge on any atom is -0.490 e. The van der Waals surface area contributed by atoms with Gasteiger partial charge >= 0.3 is 0 Å². The number of aliphatic hydroxyl groups excluding tert-OH is 4. The molecule has 0 spiro atoms. The van der Waals surface area contributed by atoms with E-state index in [0.29, 0.717) is 29.3 Å². The molecule has 0 unspecified atom stereocenters. The number of hydrogen-bond acceptors (Lipinski definition) is 9. The summed E-state index contributed by atoms with van der Waals surface area (Å²) in [6, 6.07) is 13.0. The maximum Gasteiger partial charge on any atom is 0.220 e. The number of para-hydroxylation sites is 1. The fourth-order valence-electron chi connectivity index (χ4n) is 5.99. The van der Waals surface area contributed by atoms with Crippen molar-refractivity contribution in [3.8, 4) is 16.9 Å². The average molecular weight is 717 g/mol. The third-order valence-corrected chi connectivity index (χ3v) is 9.79. The Balaban J connectivity index is 1.15. The topological polar surface area (TPSA) is 145 Å². The summed E-state index contributed by atoms with van der Waals surface area (Å²) < 4.78 is 12.8. The summed E-state index contributed by atoms with van der Waals surface area (Å²) in [5.41, 5.74) is 4.32. The lowest BCUT2D eigenvalue weighted by molar-refractivity contribution is -0.126. The van der Waals surface area contributed by atoms with Gasteiger partial charge in [0.25, 0.3) is 0 Å². The number of halogens is 2. The molecule has 5 N–H and O–H groups in total. The van der Waals surface area contributed by atoms with Gasteiger partial charge in [-0.3, -0.25) is 9.78 Å². The minimum atomic E-state index is -1.60. The summed E-state index contributed by atoms with van der Waals surface area (Å²) in [5.74, 6) is 0.583. The van der Waals surface area contributed by atoms with E-state index in [2.05, 4.69) is 16.4 Å². The average Bonchev–Trinajstić information content (AvgIpc) is 4.03. The smallest absolute Gasteiger partial charge is 0.220 e. The molecular formula is C37H47Cl2N3O7. The summed E-state index contributed by atoms with van der Waals surface area (Å²) in [5, 5.41) is 43.4. The Hall–Kier alpha value is -2.80. The van der Waals surface area contributed by atoms with Crippen LogP contribution in [0.3, 0.4) is 0 Å². The van der Waals surface area contributed by atoms with Gasteiger partial charge in [-0.25, -0.2) is 0 Å². The fourth-order valence-corrected chi connectivity index (χ4v) is 6.51. The van der Waals surface area contributed by atoms with Crippen molar-refractivity contribution in [2.45, 2.75) is 94.0 Å². The monoisotopic (exact) mass is 715 g/mol. The molecule has 0 bridgehead atoms. The fraction of sp³-hybridized carbons (Fsp3) is 0.514. The molecule has 1 aromatic heterocycles. The first kappa shape index (κ1) is 37.5. The largest absolute Gasteiger partial charge is 0.490 e. The highest BCUT2D eigenvalue weighted by Crippen LogP contribution is 2.53. The normalized spacial score (nSPS) is 17.7. The summed E-state index contributed by atoms with van der Waals surface area (Å²) in [4.78, 5) is 18.9. The SMILES string of the molecule is CN(C)C[C@H](NC(=O)CCCCc1cc(Cl)c(COC2(c3cnccc3-c3ccccc3OC3CC3)CC2)cc1Cl)[C@@H](O)[C@H](O)[C@H](O)CO.